The minimum Gasteiger partial charge on any atom is -0.291 e. The second-order valence-electron chi connectivity index (χ2n) is 3.12. The predicted octanol–water partition coefficient (Wildman–Crippen LogP) is 1.66. The first-order valence-electron chi connectivity index (χ1n) is 4.17. The second-order valence-corrected chi connectivity index (χ2v) is 4.22. The van der Waals surface area contributed by atoms with Crippen molar-refractivity contribution in [2.45, 2.75) is 12.7 Å². The molecular formula is C8H5F3IN3O. The minimum atomic E-state index is -4.41. The quantitative estimate of drug-likeness (QED) is 0.739. The number of alkyl halides is 3. The van der Waals surface area contributed by atoms with Crippen LogP contribution in [0.3, 0.4) is 0 Å². The highest BCUT2D eigenvalue weighted by Crippen LogP contribution is 2.16. The molecule has 0 aliphatic heterocycles. The van der Waals surface area contributed by atoms with Gasteiger partial charge in [0.1, 0.15) is 15.9 Å². The molecule has 0 fully saturated rings. The summed E-state index contributed by atoms with van der Waals surface area (Å²) in [5, 5.41) is 0. The Morgan fingerprint density at radius 3 is 2.75 bits per heavy atom. The maximum absolute atomic E-state index is 12.2. The Bertz CT molecular complexity index is 586. The Morgan fingerprint density at radius 2 is 2.12 bits per heavy atom. The fourth-order valence-corrected chi connectivity index (χ4v) is 1.91. The topological polar surface area (TPSA) is 39.3 Å². The van der Waals surface area contributed by atoms with Crippen molar-refractivity contribution in [1.29, 1.82) is 0 Å². The van der Waals surface area contributed by atoms with Gasteiger partial charge in [-0.1, -0.05) is 0 Å². The normalized spacial score (nSPS) is 12.2. The first kappa shape index (κ1) is 11.4. The van der Waals surface area contributed by atoms with Crippen LogP contribution in [0.15, 0.2) is 23.3 Å². The molecule has 4 nitrogen and oxygen atoms in total. The van der Waals surface area contributed by atoms with Gasteiger partial charge in [0.05, 0.1) is 6.20 Å². The molecule has 0 saturated carbocycles. The molecule has 0 N–H and O–H groups in total. The predicted molar refractivity (Wildman–Crippen MR) is 58.2 cm³/mol. The third-order valence-corrected chi connectivity index (χ3v) is 2.70. The van der Waals surface area contributed by atoms with Crippen molar-refractivity contribution >= 4 is 28.2 Å². The van der Waals surface area contributed by atoms with Crippen molar-refractivity contribution in [2.75, 3.05) is 0 Å². The Morgan fingerprint density at radius 1 is 1.44 bits per heavy atom. The van der Waals surface area contributed by atoms with Crippen LogP contribution in [0.5, 0.6) is 0 Å². The monoisotopic (exact) mass is 343 g/mol. The van der Waals surface area contributed by atoms with E-state index in [1.165, 1.54) is 12.3 Å². The Balaban J connectivity index is 2.61. The third kappa shape index (κ3) is 2.06. The number of hydrogen-bond acceptors (Lipinski definition) is 2. The van der Waals surface area contributed by atoms with Gasteiger partial charge >= 0.3 is 11.9 Å². The van der Waals surface area contributed by atoms with E-state index in [4.69, 9.17) is 0 Å². The van der Waals surface area contributed by atoms with E-state index in [0.29, 0.717) is 13.9 Å². The van der Waals surface area contributed by atoms with Crippen LogP contribution < -0.4 is 5.69 Å². The first-order valence-corrected chi connectivity index (χ1v) is 5.25. The van der Waals surface area contributed by atoms with Gasteiger partial charge in [-0.3, -0.25) is 4.57 Å². The highest BCUT2D eigenvalue weighted by atomic mass is 127. The van der Waals surface area contributed by atoms with Gasteiger partial charge in [-0.15, -0.1) is 0 Å². The zero-order chi connectivity index (χ0) is 11.9. The molecule has 16 heavy (non-hydrogen) atoms. The second kappa shape index (κ2) is 3.75. The molecule has 0 aromatic carbocycles. The van der Waals surface area contributed by atoms with Crippen LogP contribution in [0.1, 0.15) is 0 Å². The molecular weight excluding hydrogens is 338 g/mol. The SMILES string of the molecule is O=c1n(CC(F)(F)F)ccc2ncc(I)n12. The summed E-state index contributed by atoms with van der Waals surface area (Å²) in [5.74, 6) is 0. The zero-order valence-electron chi connectivity index (χ0n) is 7.70. The average molecular weight is 343 g/mol. The first-order chi connectivity index (χ1) is 7.38. The van der Waals surface area contributed by atoms with Crippen molar-refractivity contribution in [3.8, 4) is 0 Å². The van der Waals surface area contributed by atoms with Crippen LogP contribution in [0, 0.1) is 3.70 Å². The van der Waals surface area contributed by atoms with Gasteiger partial charge in [-0.25, -0.2) is 14.2 Å². The molecule has 2 rings (SSSR count). The molecule has 0 unspecified atom stereocenters. The molecule has 8 heteroatoms. The van der Waals surface area contributed by atoms with Crippen LogP contribution in [0.2, 0.25) is 0 Å². The summed E-state index contributed by atoms with van der Waals surface area (Å²) >= 11 is 1.84. The molecule has 2 heterocycles. The van der Waals surface area contributed by atoms with E-state index in [-0.39, 0.29) is 0 Å². The third-order valence-electron chi connectivity index (χ3n) is 1.94. The molecule has 0 spiro atoms. The van der Waals surface area contributed by atoms with E-state index in [9.17, 15) is 18.0 Å². The number of fused-ring (bicyclic) bond motifs is 1. The van der Waals surface area contributed by atoms with Crippen LogP contribution in [-0.4, -0.2) is 20.1 Å². The summed E-state index contributed by atoms with van der Waals surface area (Å²) in [4.78, 5) is 15.5. The van der Waals surface area contributed by atoms with Crippen LogP contribution in [0.25, 0.3) is 5.65 Å². The molecule has 0 aliphatic carbocycles. The molecule has 86 valence electrons. The van der Waals surface area contributed by atoms with Crippen molar-refractivity contribution in [3.05, 3.63) is 32.6 Å². The number of nitrogens with zero attached hydrogens (tertiary/aromatic N) is 3. The van der Waals surface area contributed by atoms with Crippen LogP contribution in [0.4, 0.5) is 13.2 Å². The fraction of sp³-hybridized carbons (Fsp3) is 0.250. The van der Waals surface area contributed by atoms with Crippen molar-refractivity contribution in [2.24, 2.45) is 0 Å². The lowest BCUT2D eigenvalue weighted by molar-refractivity contribution is -0.141. The maximum atomic E-state index is 12.2. The van der Waals surface area contributed by atoms with E-state index >= 15 is 0 Å². The van der Waals surface area contributed by atoms with Gasteiger partial charge in [-0.2, -0.15) is 13.2 Å². The van der Waals surface area contributed by atoms with E-state index in [0.717, 1.165) is 10.6 Å². The van der Waals surface area contributed by atoms with Crippen molar-refractivity contribution < 1.29 is 13.2 Å². The summed E-state index contributed by atoms with van der Waals surface area (Å²) in [5.41, 5.74) is -0.399. The van der Waals surface area contributed by atoms with E-state index in [1.54, 1.807) is 0 Å². The van der Waals surface area contributed by atoms with Gasteiger partial charge in [-0.05, 0) is 28.7 Å². The Kier molecular flexibility index (Phi) is 2.68. The molecule has 2 aromatic rings. The lowest BCUT2D eigenvalue weighted by Gasteiger charge is -2.09. The highest BCUT2D eigenvalue weighted by Gasteiger charge is 2.28. The Hall–Kier alpha value is -1.06. The zero-order valence-corrected chi connectivity index (χ0v) is 9.86. The smallest absolute Gasteiger partial charge is 0.291 e. The minimum absolute atomic E-state index is 0.341. The van der Waals surface area contributed by atoms with Gasteiger partial charge in [0.25, 0.3) is 0 Å². The summed E-state index contributed by atoms with van der Waals surface area (Å²) in [6, 6.07) is 1.37. The largest absolute Gasteiger partial charge is 0.406 e. The summed E-state index contributed by atoms with van der Waals surface area (Å²) in [6.07, 6.45) is -1.90. The lowest BCUT2D eigenvalue weighted by Crippen LogP contribution is -2.31. The van der Waals surface area contributed by atoms with E-state index in [2.05, 4.69) is 4.98 Å². The van der Waals surface area contributed by atoms with Crippen LogP contribution >= 0.6 is 22.6 Å². The van der Waals surface area contributed by atoms with Crippen LogP contribution in [-0.2, 0) is 6.54 Å². The van der Waals surface area contributed by atoms with E-state index < -0.39 is 18.4 Å². The van der Waals surface area contributed by atoms with E-state index in [1.807, 2.05) is 22.6 Å². The Labute approximate surface area is 101 Å². The molecule has 0 saturated heterocycles. The van der Waals surface area contributed by atoms with Crippen molar-refractivity contribution in [3.63, 3.8) is 0 Å². The standard InChI is InChI=1S/C8H5F3IN3O/c9-8(10,11)4-14-2-1-6-13-3-5(12)15(6)7(14)16/h1-3H,4H2. The van der Waals surface area contributed by atoms with Gasteiger partial charge in [0.15, 0.2) is 0 Å². The fourth-order valence-electron chi connectivity index (χ4n) is 1.31. The molecule has 0 bridgehead atoms. The number of imidazole rings is 1. The van der Waals surface area contributed by atoms with Gasteiger partial charge in [0, 0.05) is 6.20 Å². The average Bonchev–Trinajstić information content (AvgIpc) is 2.51. The van der Waals surface area contributed by atoms with Gasteiger partial charge < -0.3 is 0 Å². The molecule has 2 aromatic heterocycles. The molecule has 0 radical (unpaired) electrons. The lowest BCUT2D eigenvalue weighted by atomic mass is 10.5. The number of halogens is 4. The van der Waals surface area contributed by atoms with Crippen molar-refractivity contribution in [1.82, 2.24) is 14.0 Å². The highest BCUT2D eigenvalue weighted by molar-refractivity contribution is 14.1. The van der Waals surface area contributed by atoms with Gasteiger partial charge in [0.2, 0.25) is 0 Å². The number of rotatable bonds is 1. The molecule has 0 atom stereocenters. The maximum Gasteiger partial charge on any atom is 0.406 e. The molecule has 0 amide bonds. The summed E-state index contributed by atoms with van der Waals surface area (Å²) in [6.45, 7) is -1.30. The summed E-state index contributed by atoms with van der Waals surface area (Å²) < 4.78 is 38.7. The molecule has 0 aliphatic rings. The number of aromatic nitrogens is 3. The summed E-state index contributed by atoms with van der Waals surface area (Å²) in [7, 11) is 0. The number of hydrogen-bond donors (Lipinski definition) is 0.